The van der Waals surface area contributed by atoms with Crippen LogP contribution in [0.3, 0.4) is 0 Å². The van der Waals surface area contributed by atoms with Crippen molar-refractivity contribution in [2.75, 3.05) is 6.54 Å². The quantitative estimate of drug-likeness (QED) is 0.500. The van der Waals surface area contributed by atoms with Gasteiger partial charge in [-0.3, -0.25) is 0 Å². The van der Waals surface area contributed by atoms with E-state index in [9.17, 15) is 0 Å². The normalized spacial score (nSPS) is 25.7. The van der Waals surface area contributed by atoms with Crippen molar-refractivity contribution in [2.45, 2.75) is 39.3 Å². The third-order valence-corrected chi connectivity index (χ3v) is 3.58. The smallest absolute Gasteiger partial charge is 0.0716 e. The molecule has 3 nitrogen and oxygen atoms in total. The molecule has 102 valence electrons. The van der Waals surface area contributed by atoms with Crippen LogP contribution in [0.25, 0.3) is 0 Å². The van der Waals surface area contributed by atoms with Gasteiger partial charge in [0.1, 0.15) is 0 Å². The van der Waals surface area contributed by atoms with Gasteiger partial charge >= 0.3 is 0 Å². The number of hydrogen-bond donors (Lipinski definition) is 3. The summed E-state index contributed by atoms with van der Waals surface area (Å²) in [5, 5.41) is 3.49. The van der Waals surface area contributed by atoms with Gasteiger partial charge in [-0.05, 0) is 31.3 Å². The van der Waals surface area contributed by atoms with Crippen LogP contribution in [0.1, 0.15) is 33.1 Å². The molecular weight excluding hydrogens is 222 g/mol. The number of nitrogens with one attached hydrogen (secondary N) is 1. The van der Waals surface area contributed by atoms with E-state index < -0.39 is 0 Å². The first-order chi connectivity index (χ1) is 8.59. The van der Waals surface area contributed by atoms with Crippen molar-refractivity contribution in [3.63, 3.8) is 0 Å². The van der Waals surface area contributed by atoms with Gasteiger partial charge in [0.05, 0.1) is 6.17 Å². The van der Waals surface area contributed by atoms with Crippen molar-refractivity contribution in [2.24, 2.45) is 23.3 Å². The number of hydrogen-bond acceptors (Lipinski definition) is 3. The minimum Gasteiger partial charge on any atom is -0.388 e. The lowest BCUT2D eigenvalue weighted by Crippen LogP contribution is -2.27. The van der Waals surface area contributed by atoms with Gasteiger partial charge in [0.25, 0.3) is 0 Å². The van der Waals surface area contributed by atoms with E-state index in [4.69, 9.17) is 11.5 Å². The lowest BCUT2D eigenvalue weighted by atomic mass is 9.98. The SMILES string of the molecule is C\C(=C/C=C/C=C\C(N)N)NCC1CCCC1C. The molecule has 5 N–H and O–H groups in total. The minimum atomic E-state index is -0.373. The highest BCUT2D eigenvalue weighted by Gasteiger charge is 2.22. The summed E-state index contributed by atoms with van der Waals surface area (Å²) in [4.78, 5) is 0. The van der Waals surface area contributed by atoms with Gasteiger partial charge in [0, 0.05) is 12.2 Å². The van der Waals surface area contributed by atoms with Crippen LogP contribution < -0.4 is 16.8 Å². The zero-order chi connectivity index (χ0) is 13.4. The van der Waals surface area contributed by atoms with Gasteiger partial charge in [-0.2, -0.15) is 0 Å². The van der Waals surface area contributed by atoms with Crippen molar-refractivity contribution < 1.29 is 0 Å². The van der Waals surface area contributed by atoms with Gasteiger partial charge in [-0.15, -0.1) is 0 Å². The molecular formula is C15H27N3. The Morgan fingerprint density at radius 2 is 2.06 bits per heavy atom. The molecule has 1 rings (SSSR count). The van der Waals surface area contributed by atoms with Gasteiger partial charge < -0.3 is 16.8 Å². The minimum absolute atomic E-state index is 0.373. The molecule has 2 unspecified atom stereocenters. The summed E-state index contributed by atoms with van der Waals surface area (Å²) in [5.74, 6) is 1.71. The molecule has 0 radical (unpaired) electrons. The first-order valence-electron chi connectivity index (χ1n) is 6.86. The molecule has 0 amide bonds. The van der Waals surface area contributed by atoms with Crippen LogP contribution in [0, 0.1) is 11.8 Å². The lowest BCUT2D eigenvalue weighted by Gasteiger charge is -2.16. The molecule has 0 aromatic carbocycles. The van der Waals surface area contributed by atoms with Crippen LogP contribution in [0.15, 0.2) is 36.1 Å². The van der Waals surface area contributed by atoms with Gasteiger partial charge in [0.15, 0.2) is 0 Å². The Morgan fingerprint density at radius 1 is 1.28 bits per heavy atom. The summed E-state index contributed by atoms with van der Waals surface area (Å²) < 4.78 is 0. The first-order valence-corrected chi connectivity index (χ1v) is 6.86. The molecule has 2 atom stereocenters. The Labute approximate surface area is 111 Å². The molecule has 1 fully saturated rings. The lowest BCUT2D eigenvalue weighted by molar-refractivity contribution is 0.406. The monoisotopic (exact) mass is 249 g/mol. The molecule has 0 aromatic rings. The Kier molecular flexibility index (Phi) is 6.76. The van der Waals surface area contributed by atoms with E-state index in [2.05, 4.69) is 25.2 Å². The molecule has 1 aliphatic carbocycles. The van der Waals surface area contributed by atoms with Crippen LogP contribution in [0.4, 0.5) is 0 Å². The third-order valence-electron chi connectivity index (χ3n) is 3.58. The Balaban J connectivity index is 2.25. The summed E-state index contributed by atoms with van der Waals surface area (Å²) in [6.45, 7) is 5.56. The number of nitrogens with two attached hydrogens (primary N) is 2. The van der Waals surface area contributed by atoms with Crippen molar-refractivity contribution in [3.8, 4) is 0 Å². The predicted octanol–water partition coefficient (Wildman–Crippen LogP) is 2.27. The van der Waals surface area contributed by atoms with E-state index in [1.54, 1.807) is 6.08 Å². The van der Waals surface area contributed by atoms with E-state index in [1.807, 2.05) is 18.2 Å². The molecule has 0 heterocycles. The Bertz CT molecular complexity index is 316. The molecule has 0 aliphatic heterocycles. The van der Waals surface area contributed by atoms with Crippen molar-refractivity contribution in [1.29, 1.82) is 0 Å². The number of rotatable bonds is 6. The van der Waals surface area contributed by atoms with E-state index in [-0.39, 0.29) is 6.17 Å². The molecule has 0 aromatic heterocycles. The Hall–Kier alpha value is -1.06. The standard InChI is InChI=1S/C15H27N3/c1-12-7-6-9-14(12)11-18-13(2)8-4-3-5-10-15(16)17/h3-5,8,10,12,14-15,18H,6-7,9,11,16-17H2,1-2H3/b4-3+,10-5-,13-8+. The maximum absolute atomic E-state index is 5.39. The van der Waals surface area contributed by atoms with Crippen LogP contribution in [-0.4, -0.2) is 12.7 Å². The van der Waals surface area contributed by atoms with Crippen molar-refractivity contribution in [1.82, 2.24) is 5.32 Å². The van der Waals surface area contributed by atoms with E-state index >= 15 is 0 Å². The fraction of sp³-hybridized carbons (Fsp3) is 0.600. The van der Waals surface area contributed by atoms with Gasteiger partial charge in [-0.1, -0.05) is 44.1 Å². The zero-order valence-electron chi connectivity index (χ0n) is 11.6. The maximum Gasteiger partial charge on any atom is 0.0716 e. The van der Waals surface area contributed by atoms with E-state index in [0.29, 0.717) is 0 Å². The topological polar surface area (TPSA) is 64.1 Å². The summed E-state index contributed by atoms with van der Waals surface area (Å²) in [7, 11) is 0. The second-order valence-electron chi connectivity index (χ2n) is 5.25. The number of allylic oxidation sites excluding steroid dienone is 5. The predicted molar refractivity (Wildman–Crippen MR) is 78.7 cm³/mol. The highest BCUT2D eigenvalue weighted by Crippen LogP contribution is 2.30. The molecule has 0 bridgehead atoms. The fourth-order valence-corrected chi connectivity index (χ4v) is 2.33. The van der Waals surface area contributed by atoms with Gasteiger partial charge in [0.2, 0.25) is 0 Å². The highest BCUT2D eigenvalue weighted by molar-refractivity contribution is 5.15. The van der Waals surface area contributed by atoms with Crippen LogP contribution >= 0.6 is 0 Å². The van der Waals surface area contributed by atoms with E-state index in [1.165, 1.54) is 25.0 Å². The molecule has 1 aliphatic rings. The van der Waals surface area contributed by atoms with Gasteiger partial charge in [-0.25, -0.2) is 0 Å². The fourth-order valence-electron chi connectivity index (χ4n) is 2.33. The van der Waals surface area contributed by atoms with Crippen LogP contribution in [0.2, 0.25) is 0 Å². The van der Waals surface area contributed by atoms with Crippen LogP contribution in [0.5, 0.6) is 0 Å². The van der Waals surface area contributed by atoms with E-state index in [0.717, 1.165) is 18.4 Å². The van der Waals surface area contributed by atoms with Crippen LogP contribution in [-0.2, 0) is 0 Å². The second kappa shape index (κ2) is 8.11. The summed E-state index contributed by atoms with van der Waals surface area (Å²) in [6, 6.07) is 0. The summed E-state index contributed by atoms with van der Waals surface area (Å²) in [6.07, 6.45) is 13.4. The average molecular weight is 249 g/mol. The molecule has 0 spiro atoms. The average Bonchev–Trinajstić information content (AvgIpc) is 2.71. The summed E-state index contributed by atoms with van der Waals surface area (Å²) >= 11 is 0. The molecule has 18 heavy (non-hydrogen) atoms. The second-order valence-corrected chi connectivity index (χ2v) is 5.25. The largest absolute Gasteiger partial charge is 0.388 e. The maximum atomic E-state index is 5.39. The van der Waals surface area contributed by atoms with Crippen molar-refractivity contribution in [3.05, 3.63) is 36.1 Å². The summed E-state index contributed by atoms with van der Waals surface area (Å²) in [5.41, 5.74) is 12.0. The Morgan fingerprint density at radius 3 is 2.67 bits per heavy atom. The zero-order valence-corrected chi connectivity index (χ0v) is 11.6. The first kappa shape index (κ1) is 15.0. The third kappa shape index (κ3) is 6.03. The van der Waals surface area contributed by atoms with Crippen molar-refractivity contribution >= 4 is 0 Å². The molecule has 3 heteroatoms. The molecule has 1 saturated carbocycles. The molecule has 0 saturated heterocycles. The highest BCUT2D eigenvalue weighted by atomic mass is 14.9.